The molecule has 144 valence electrons. The largest absolute Gasteiger partial charge is 0.460 e. The molecule has 0 atom stereocenters. The van der Waals surface area contributed by atoms with Crippen molar-refractivity contribution in [2.75, 3.05) is 25.7 Å². The van der Waals surface area contributed by atoms with Crippen molar-refractivity contribution in [2.45, 2.75) is 13.8 Å². The van der Waals surface area contributed by atoms with E-state index in [0.29, 0.717) is 11.3 Å². The second-order valence-electron chi connectivity index (χ2n) is 5.61. The van der Waals surface area contributed by atoms with Gasteiger partial charge in [0, 0.05) is 18.9 Å². The Morgan fingerprint density at radius 2 is 1.93 bits per heavy atom. The number of rotatable bonds is 8. The van der Waals surface area contributed by atoms with Crippen LogP contribution in [0.3, 0.4) is 0 Å². The fourth-order valence-corrected chi connectivity index (χ4v) is 2.50. The maximum Gasteiger partial charge on any atom is 0.340 e. The number of aryl methyl sites for hydroxylation is 1. The fraction of sp³-hybridized carbons (Fsp3) is 0.294. The number of nitro groups is 1. The number of para-hydroxylation sites is 2. The summed E-state index contributed by atoms with van der Waals surface area (Å²) in [7, 11) is 1.49. The third-order valence-corrected chi connectivity index (χ3v) is 3.80. The number of hydrazine groups is 1. The van der Waals surface area contributed by atoms with E-state index < -0.39 is 16.8 Å². The minimum absolute atomic E-state index is 0.0974. The van der Waals surface area contributed by atoms with Crippen LogP contribution in [0.2, 0.25) is 0 Å². The van der Waals surface area contributed by atoms with Crippen molar-refractivity contribution >= 4 is 23.3 Å². The van der Waals surface area contributed by atoms with Crippen LogP contribution in [0.15, 0.2) is 24.3 Å². The summed E-state index contributed by atoms with van der Waals surface area (Å²) in [5, 5.41) is 11.0. The number of H-pyrrole nitrogens is 1. The predicted octanol–water partition coefficient (Wildman–Crippen LogP) is 2.10. The van der Waals surface area contributed by atoms with Crippen LogP contribution in [-0.2, 0) is 9.47 Å². The van der Waals surface area contributed by atoms with Gasteiger partial charge >= 0.3 is 5.97 Å². The second kappa shape index (κ2) is 8.81. The van der Waals surface area contributed by atoms with Gasteiger partial charge in [-0.3, -0.25) is 25.8 Å². The number of aromatic nitrogens is 1. The molecule has 1 aromatic heterocycles. The van der Waals surface area contributed by atoms with E-state index in [4.69, 9.17) is 9.47 Å². The Bertz CT molecular complexity index is 861. The molecule has 0 saturated carbocycles. The molecule has 0 aliphatic carbocycles. The molecule has 0 radical (unpaired) electrons. The van der Waals surface area contributed by atoms with Crippen LogP contribution < -0.4 is 10.9 Å². The lowest BCUT2D eigenvalue weighted by molar-refractivity contribution is -0.384. The number of nitrogens with zero attached hydrogens (tertiary/aromatic N) is 1. The van der Waals surface area contributed by atoms with E-state index in [0.717, 1.165) is 0 Å². The van der Waals surface area contributed by atoms with Gasteiger partial charge in [-0.25, -0.2) is 4.79 Å². The van der Waals surface area contributed by atoms with Gasteiger partial charge in [-0.05, 0) is 25.5 Å². The maximum atomic E-state index is 12.4. The minimum Gasteiger partial charge on any atom is -0.460 e. The standard InChI is InChI=1S/C17H20N4O6/c1-10-14(17(23)27-9-8-26-3)11(2)18-15(10)16(22)20-19-12-6-4-5-7-13(12)21(24)25/h4-7,18-19H,8-9H2,1-3H3,(H,20,22). The van der Waals surface area contributed by atoms with Crippen LogP contribution in [-0.4, -0.2) is 42.1 Å². The van der Waals surface area contributed by atoms with E-state index in [9.17, 15) is 19.7 Å². The topological polar surface area (TPSA) is 136 Å². The van der Waals surface area contributed by atoms with Gasteiger partial charge in [0.2, 0.25) is 0 Å². The number of carbonyl (C=O) groups excluding carboxylic acids is 2. The average Bonchev–Trinajstić information content (AvgIpc) is 2.94. The molecule has 0 aliphatic heterocycles. The fourth-order valence-electron chi connectivity index (χ4n) is 2.50. The molecule has 10 heteroatoms. The smallest absolute Gasteiger partial charge is 0.340 e. The molecular formula is C17H20N4O6. The molecule has 0 fully saturated rings. The Balaban J connectivity index is 2.13. The molecule has 0 aliphatic rings. The molecule has 10 nitrogen and oxygen atoms in total. The lowest BCUT2D eigenvalue weighted by atomic mass is 10.1. The number of methoxy groups -OCH3 is 1. The summed E-state index contributed by atoms with van der Waals surface area (Å²) >= 11 is 0. The number of aromatic amines is 1. The first kappa shape index (κ1) is 19.9. The minimum atomic E-state index is -0.579. The van der Waals surface area contributed by atoms with E-state index in [-0.39, 0.29) is 35.8 Å². The first-order chi connectivity index (χ1) is 12.9. The Labute approximate surface area is 155 Å². The molecule has 1 amide bonds. The molecule has 1 aromatic carbocycles. The van der Waals surface area contributed by atoms with Crippen LogP contribution in [0.25, 0.3) is 0 Å². The van der Waals surface area contributed by atoms with Crippen LogP contribution in [0.4, 0.5) is 11.4 Å². The first-order valence-corrected chi connectivity index (χ1v) is 8.01. The Kier molecular flexibility index (Phi) is 6.50. The average molecular weight is 376 g/mol. The zero-order valence-corrected chi connectivity index (χ0v) is 15.1. The van der Waals surface area contributed by atoms with Crippen molar-refractivity contribution < 1.29 is 24.0 Å². The number of hydrogen-bond donors (Lipinski definition) is 3. The monoisotopic (exact) mass is 376 g/mol. The highest BCUT2D eigenvalue weighted by atomic mass is 16.6. The number of amides is 1. The molecule has 0 spiro atoms. The second-order valence-corrected chi connectivity index (χ2v) is 5.61. The van der Waals surface area contributed by atoms with Crippen LogP contribution in [0, 0.1) is 24.0 Å². The number of anilines is 1. The van der Waals surface area contributed by atoms with Crippen molar-refractivity contribution in [1.29, 1.82) is 0 Å². The summed E-state index contributed by atoms with van der Waals surface area (Å²) in [6.45, 7) is 3.62. The molecule has 0 unspecified atom stereocenters. The Hall–Kier alpha value is -3.40. The van der Waals surface area contributed by atoms with E-state index in [1.54, 1.807) is 19.9 Å². The molecule has 3 N–H and O–H groups in total. The molecule has 27 heavy (non-hydrogen) atoms. The van der Waals surface area contributed by atoms with E-state index in [2.05, 4.69) is 15.8 Å². The highest BCUT2D eigenvalue weighted by Crippen LogP contribution is 2.23. The highest BCUT2D eigenvalue weighted by Gasteiger charge is 2.23. The summed E-state index contributed by atoms with van der Waals surface area (Å²) in [6, 6.07) is 5.89. The lowest BCUT2D eigenvalue weighted by Crippen LogP contribution is -2.30. The van der Waals surface area contributed by atoms with E-state index in [1.165, 1.54) is 25.3 Å². The zero-order valence-electron chi connectivity index (χ0n) is 15.1. The van der Waals surface area contributed by atoms with E-state index in [1.807, 2.05) is 0 Å². The summed E-state index contributed by atoms with van der Waals surface area (Å²) in [5.74, 6) is -1.14. The third kappa shape index (κ3) is 4.61. The quantitative estimate of drug-likeness (QED) is 0.278. The SMILES string of the molecule is COCCOC(=O)c1c(C)[nH]c(C(=O)NNc2ccccc2[N+](=O)[O-])c1C. The molecule has 2 rings (SSSR count). The number of esters is 1. The third-order valence-electron chi connectivity index (χ3n) is 3.80. The number of hydrogen-bond acceptors (Lipinski definition) is 7. The van der Waals surface area contributed by atoms with Gasteiger partial charge in [0.25, 0.3) is 11.6 Å². The summed E-state index contributed by atoms with van der Waals surface area (Å²) in [6.07, 6.45) is 0. The van der Waals surface area contributed by atoms with Gasteiger partial charge < -0.3 is 14.5 Å². The number of ether oxygens (including phenoxy) is 2. The van der Waals surface area contributed by atoms with Crippen LogP contribution >= 0.6 is 0 Å². The van der Waals surface area contributed by atoms with E-state index >= 15 is 0 Å². The maximum absolute atomic E-state index is 12.4. The van der Waals surface area contributed by atoms with Crippen molar-refractivity contribution in [2.24, 2.45) is 0 Å². The van der Waals surface area contributed by atoms with Crippen molar-refractivity contribution in [1.82, 2.24) is 10.4 Å². The molecule has 2 aromatic rings. The van der Waals surface area contributed by atoms with Crippen LogP contribution in [0.5, 0.6) is 0 Å². The highest BCUT2D eigenvalue weighted by molar-refractivity contribution is 6.01. The van der Waals surface area contributed by atoms with Crippen LogP contribution in [0.1, 0.15) is 32.1 Å². The Morgan fingerprint density at radius 3 is 2.59 bits per heavy atom. The normalized spacial score (nSPS) is 10.3. The van der Waals surface area contributed by atoms with Gasteiger partial charge in [0.15, 0.2) is 0 Å². The van der Waals surface area contributed by atoms with Crippen molar-refractivity contribution in [3.8, 4) is 0 Å². The predicted molar refractivity (Wildman–Crippen MR) is 96.6 cm³/mol. The number of nitro benzene ring substituents is 1. The Morgan fingerprint density at radius 1 is 1.22 bits per heavy atom. The summed E-state index contributed by atoms with van der Waals surface area (Å²) in [5.41, 5.74) is 6.17. The summed E-state index contributed by atoms with van der Waals surface area (Å²) < 4.78 is 9.92. The first-order valence-electron chi connectivity index (χ1n) is 8.01. The van der Waals surface area contributed by atoms with Gasteiger partial charge in [-0.2, -0.15) is 0 Å². The lowest BCUT2D eigenvalue weighted by Gasteiger charge is -2.09. The molecule has 1 heterocycles. The van der Waals surface area contributed by atoms with Gasteiger partial charge in [0.05, 0.1) is 17.1 Å². The molecule has 0 saturated heterocycles. The van der Waals surface area contributed by atoms with Crippen molar-refractivity contribution in [3.05, 3.63) is 56.9 Å². The zero-order chi connectivity index (χ0) is 20.0. The number of benzene rings is 1. The molecule has 0 bridgehead atoms. The molecular weight excluding hydrogens is 356 g/mol. The number of carbonyl (C=O) groups is 2. The van der Waals surface area contributed by atoms with Gasteiger partial charge in [-0.15, -0.1) is 0 Å². The van der Waals surface area contributed by atoms with Gasteiger partial charge in [-0.1, -0.05) is 12.1 Å². The van der Waals surface area contributed by atoms with Crippen molar-refractivity contribution in [3.63, 3.8) is 0 Å². The summed E-state index contributed by atoms with van der Waals surface area (Å²) in [4.78, 5) is 37.9. The van der Waals surface area contributed by atoms with Gasteiger partial charge in [0.1, 0.15) is 18.0 Å². The number of nitrogens with one attached hydrogen (secondary N) is 3.